The Hall–Kier alpha value is -1.95. The monoisotopic (exact) mass is 337 g/mol. The summed E-state index contributed by atoms with van der Waals surface area (Å²) in [6.45, 7) is 1.73. The van der Waals surface area contributed by atoms with Crippen molar-refractivity contribution in [2.24, 2.45) is 0 Å². The van der Waals surface area contributed by atoms with Crippen LogP contribution >= 0.6 is 15.9 Å². The number of halogens is 1. The maximum Gasteiger partial charge on any atom is 0.333 e. The number of hydrogen-bond donors (Lipinski definition) is 0. The molecular formula is C14H12BrNO4. The molecule has 1 aliphatic rings. The van der Waals surface area contributed by atoms with Crippen LogP contribution in [0.25, 0.3) is 0 Å². The van der Waals surface area contributed by atoms with Gasteiger partial charge in [0.15, 0.2) is 0 Å². The summed E-state index contributed by atoms with van der Waals surface area (Å²) in [7, 11) is 1.29. The highest BCUT2D eigenvalue weighted by Crippen LogP contribution is 2.35. The second kappa shape index (κ2) is 5.58. The van der Waals surface area contributed by atoms with Gasteiger partial charge in [0, 0.05) is 16.6 Å². The zero-order valence-electron chi connectivity index (χ0n) is 11.0. The van der Waals surface area contributed by atoms with Crippen LogP contribution in [0.2, 0.25) is 0 Å². The van der Waals surface area contributed by atoms with Gasteiger partial charge >= 0.3 is 5.97 Å². The zero-order valence-corrected chi connectivity index (χ0v) is 12.6. The Kier molecular flexibility index (Phi) is 4.04. The van der Waals surface area contributed by atoms with Crippen LogP contribution in [-0.4, -0.2) is 31.3 Å². The fourth-order valence-corrected chi connectivity index (χ4v) is 2.54. The van der Waals surface area contributed by atoms with Gasteiger partial charge in [0.1, 0.15) is 0 Å². The molecule has 0 unspecified atom stereocenters. The van der Waals surface area contributed by atoms with E-state index >= 15 is 0 Å². The minimum atomic E-state index is -0.596. The largest absolute Gasteiger partial charge is 0.466 e. The lowest BCUT2D eigenvalue weighted by atomic mass is 10.1. The summed E-state index contributed by atoms with van der Waals surface area (Å²) in [6, 6.07) is 5.07. The van der Waals surface area contributed by atoms with Crippen molar-refractivity contribution in [3.05, 3.63) is 39.9 Å². The van der Waals surface area contributed by atoms with Crippen LogP contribution < -0.4 is 4.90 Å². The molecule has 0 fully saturated rings. The van der Waals surface area contributed by atoms with E-state index in [1.54, 1.807) is 31.2 Å². The number of amides is 1. The average molecular weight is 338 g/mol. The summed E-state index contributed by atoms with van der Waals surface area (Å²) in [6.07, 6.45) is 1.56. The third-order valence-corrected chi connectivity index (χ3v) is 3.67. The molecule has 0 saturated carbocycles. The molecule has 1 heterocycles. The van der Waals surface area contributed by atoms with Crippen molar-refractivity contribution in [2.75, 3.05) is 18.6 Å². The molecule has 0 N–H and O–H groups in total. The van der Waals surface area contributed by atoms with E-state index in [0.717, 1.165) is 0 Å². The molecule has 1 aromatic carbocycles. The maximum atomic E-state index is 12.0. The summed E-state index contributed by atoms with van der Waals surface area (Å²) >= 11 is 3.33. The number of esters is 1. The van der Waals surface area contributed by atoms with Crippen LogP contribution in [0, 0.1) is 0 Å². The van der Waals surface area contributed by atoms with Gasteiger partial charge in [-0.3, -0.25) is 14.5 Å². The van der Waals surface area contributed by atoms with E-state index in [9.17, 15) is 14.4 Å². The molecule has 0 aromatic heterocycles. The molecule has 0 radical (unpaired) electrons. The summed E-state index contributed by atoms with van der Waals surface area (Å²) in [4.78, 5) is 36.5. The molecule has 0 spiro atoms. The molecule has 5 nitrogen and oxygen atoms in total. The lowest BCUT2D eigenvalue weighted by molar-refractivity contribution is -0.136. The fourth-order valence-electron chi connectivity index (χ4n) is 1.96. The van der Waals surface area contributed by atoms with E-state index in [0.29, 0.717) is 21.3 Å². The third kappa shape index (κ3) is 2.38. The van der Waals surface area contributed by atoms with Gasteiger partial charge in [-0.1, -0.05) is 12.1 Å². The van der Waals surface area contributed by atoms with Crippen molar-refractivity contribution in [3.8, 4) is 0 Å². The average Bonchev–Trinajstić information content (AvgIpc) is 2.69. The molecule has 2 rings (SSSR count). The number of carbonyl (C=O) groups excluding carboxylic acids is 3. The molecule has 0 bridgehead atoms. The van der Waals surface area contributed by atoms with E-state index in [2.05, 4.69) is 20.7 Å². The third-order valence-electron chi connectivity index (χ3n) is 3.03. The number of para-hydroxylation sites is 1. The molecule has 1 aliphatic heterocycles. The summed E-state index contributed by atoms with van der Waals surface area (Å²) in [5.74, 6) is -1.60. The Morgan fingerprint density at radius 3 is 2.75 bits per heavy atom. The van der Waals surface area contributed by atoms with Gasteiger partial charge in [0.05, 0.1) is 18.4 Å². The van der Waals surface area contributed by atoms with Gasteiger partial charge < -0.3 is 4.74 Å². The lowest BCUT2D eigenvalue weighted by Gasteiger charge is -2.15. The predicted octanol–water partition coefficient (Wildman–Crippen LogP) is 2.10. The van der Waals surface area contributed by atoms with E-state index in [4.69, 9.17) is 0 Å². The van der Waals surface area contributed by atoms with Crippen LogP contribution in [0.1, 0.15) is 17.3 Å². The Morgan fingerprint density at radius 1 is 1.40 bits per heavy atom. The fraction of sp³-hybridized carbons (Fsp3) is 0.214. The van der Waals surface area contributed by atoms with Gasteiger partial charge in [-0.2, -0.15) is 0 Å². The first-order valence-electron chi connectivity index (χ1n) is 5.87. The highest BCUT2D eigenvalue weighted by molar-refractivity contribution is 9.10. The predicted molar refractivity (Wildman–Crippen MR) is 76.6 cm³/mol. The van der Waals surface area contributed by atoms with Gasteiger partial charge in [-0.25, -0.2) is 4.79 Å². The highest BCUT2D eigenvalue weighted by Gasteiger charge is 2.36. The molecule has 1 amide bonds. The van der Waals surface area contributed by atoms with Gasteiger partial charge in [0.25, 0.3) is 11.7 Å². The number of hydrogen-bond acceptors (Lipinski definition) is 4. The molecule has 104 valence electrons. The first-order chi connectivity index (χ1) is 9.47. The van der Waals surface area contributed by atoms with Crippen molar-refractivity contribution in [3.63, 3.8) is 0 Å². The lowest BCUT2D eigenvalue weighted by Crippen LogP contribution is -2.30. The molecule has 0 saturated heterocycles. The van der Waals surface area contributed by atoms with Gasteiger partial charge in [-0.05, 0) is 35.0 Å². The number of nitrogens with zero attached hydrogens (tertiary/aromatic N) is 1. The van der Waals surface area contributed by atoms with E-state index in [1.807, 2.05) is 0 Å². The van der Waals surface area contributed by atoms with Gasteiger partial charge in [0.2, 0.25) is 0 Å². The van der Waals surface area contributed by atoms with E-state index < -0.39 is 17.7 Å². The molecular weight excluding hydrogens is 326 g/mol. The zero-order chi connectivity index (χ0) is 14.9. The second-order valence-corrected chi connectivity index (χ2v) is 5.11. The summed E-state index contributed by atoms with van der Waals surface area (Å²) < 4.78 is 5.25. The van der Waals surface area contributed by atoms with E-state index in [-0.39, 0.29) is 6.54 Å². The summed E-state index contributed by atoms with van der Waals surface area (Å²) in [5, 5.41) is 0. The van der Waals surface area contributed by atoms with Crippen LogP contribution in [0.5, 0.6) is 0 Å². The van der Waals surface area contributed by atoms with Crippen molar-refractivity contribution in [1.29, 1.82) is 0 Å². The molecule has 20 heavy (non-hydrogen) atoms. The SMILES string of the molecule is COC(=O)C(C)=CCN1C(=O)C(=O)c2cccc(Br)c21. The maximum absolute atomic E-state index is 12.0. The number of methoxy groups -OCH3 is 1. The van der Waals surface area contributed by atoms with Crippen LogP contribution in [0.15, 0.2) is 34.3 Å². The number of rotatable bonds is 3. The summed E-state index contributed by atoms with van der Waals surface area (Å²) in [5.41, 5.74) is 1.29. The minimum Gasteiger partial charge on any atom is -0.466 e. The second-order valence-electron chi connectivity index (χ2n) is 4.26. The molecule has 6 heteroatoms. The highest BCUT2D eigenvalue weighted by atomic mass is 79.9. The Labute approximate surface area is 124 Å². The Morgan fingerprint density at radius 2 is 2.10 bits per heavy atom. The standard InChI is InChI=1S/C14H12BrNO4/c1-8(14(19)20-2)6-7-16-11-9(12(17)13(16)18)4-3-5-10(11)15/h3-6H,7H2,1-2H3. The quantitative estimate of drug-likeness (QED) is 0.481. The molecule has 0 atom stereocenters. The van der Waals surface area contributed by atoms with Crippen LogP contribution in [-0.2, 0) is 14.3 Å². The van der Waals surface area contributed by atoms with Crippen LogP contribution in [0.3, 0.4) is 0 Å². The number of ether oxygens (including phenoxy) is 1. The Bertz CT molecular complexity index is 636. The number of fused-ring (bicyclic) bond motifs is 1. The normalized spacial score (nSPS) is 14.6. The topological polar surface area (TPSA) is 63.7 Å². The Balaban J connectivity index is 2.33. The molecule has 1 aromatic rings. The minimum absolute atomic E-state index is 0.140. The van der Waals surface area contributed by atoms with Crippen molar-refractivity contribution in [1.82, 2.24) is 0 Å². The van der Waals surface area contributed by atoms with Gasteiger partial charge in [-0.15, -0.1) is 0 Å². The first-order valence-corrected chi connectivity index (χ1v) is 6.66. The number of ketones is 1. The van der Waals surface area contributed by atoms with Crippen molar-refractivity contribution < 1.29 is 19.1 Å². The number of Topliss-reactive ketones (excluding diaryl/α,β-unsaturated/α-hetero) is 1. The number of benzene rings is 1. The number of anilines is 1. The van der Waals surface area contributed by atoms with E-state index in [1.165, 1.54) is 12.0 Å². The van der Waals surface area contributed by atoms with Crippen molar-refractivity contribution in [2.45, 2.75) is 6.92 Å². The first kappa shape index (κ1) is 14.5. The number of carbonyl (C=O) groups is 3. The molecule has 0 aliphatic carbocycles. The van der Waals surface area contributed by atoms with Crippen molar-refractivity contribution >= 4 is 39.3 Å². The smallest absolute Gasteiger partial charge is 0.333 e. The van der Waals surface area contributed by atoms with Crippen LogP contribution in [0.4, 0.5) is 5.69 Å².